The van der Waals surface area contributed by atoms with Crippen molar-refractivity contribution in [3.63, 3.8) is 0 Å². The summed E-state index contributed by atoms with van der Waals surface area (Å²) in [7, 11) is 1.60. The lowest BCUT2D eigenvalue weighted by molar-refractivity contribution is 0.202. The third-order valence-corrected chi connectivity index (χ3v) is 6.30. The summed E-state index contributed by atoms with van der Waals surface area (Å²) >= 11 is 0. The Balaban J connectivity index is 1.59. The van der Waals surface area contributed by atoms with E-state index in [9.17, 15) is 9.18 Å². The molecule has 5 rings (SSSR count). The maximum absolute atomic E-state index is 14.4. The summed E-state index contributed by atoms with van der Waals surface area (Å²) in [5.74, 6) is 1.04. The minimum Gasteiger partial charge on any atom is -0.497 e. The summed E-state index contributed by atoms with van der Waals surface area (Å²) in [6.07, 6.45) is 0. The zero-order valence-electron chi connectivity index (χ0n) is 20.2. The van der Waals surface area contributed by atoms with E-state index in [1.54, 1.807) is 32.2 Å². The largest absolute Gasteiger partial charge is 0.497 e. The first-order valence-electron chi connectivity index (χ1n) is 11.5. The number of methoxy groups -OCH3 is 1. The predicted molar refractivity (Wildman–Crippen MR) is 133 cm³/mol. The molecule has 0 saturated carbocycles. The number of aryl methyl sites for hydroxylation is 1. The van der Waals surface area contributed by atoms with E-state index < -0.39 is 6.04 Å². The normalized spacial score (nSPS) is 15.7. The van der Waals surface area contributed by atoms with Crippen molar-refractivity contribution >= 4 is 11.6 Å². The van der Waals surface area contributed by atoms with Crippen molar-refractivity contribution in [2.45, 2.75) is 26.4 Å². The fourth-order valence-corrected chi connectivity index (χ4v) is 4.24. The Labute approximate surface area is 208 Å². The molecule has 36 heavy (non-hydrogen) atoms. The van der Waals surface area contributed by atoms with Gasteiger partial charge in [0, 0.05) is 16.8 Å². The van der Waals surface area contributed by atoms with E-state index in [4.69, 9.17) is 9.26 Å². The number of halogens is 1. The van der Waals surface area contributed by atoms with Crippen LogP contribution in [0.15, 0.2) is 83.0 Å². The third-order valence-electron chi connectivity index (χ3n) is 6.30. The van der Waals surface area contributed by atoms with Crippen LogP contribution in [0.3, 0.4) is 0 Å². The van der Waals surface area contributed by atoms with Crippen molar-refractivity contribution in [2.24, 2.45) is 0 Å². The number of amides is 2. The highest BCUT2D eigenvalue weighted by molar-refractivity contribution is 5.87. The first-order valence-corrected chi connectivity index (χ1v) is 11.5. The molecule has 4 aromatic rings. The number of benzene rings is 3. The van der Waals surface area contributed by atoms with E-state index in [-0.39, 0.29) is 24.3 Å². The summed E-state index contributed by atoms with van der Waals surface area (Å²) in [5, 5.41) is 7.23. The highest BCUT2D eigenvalue weighted by Gasteiger charge is 2.36. The van der Waals surface area contributed by atoms with Crippen LogP contribution in [0, 0.1) is 12.7 Å². The average Bonchev–Trinajstić information content (AvgIpc) is 3.37. The first-order chi connectivity index (χ1) is 17.4. The van der Waals surface area contributed by atoms with Crippen molar-refractivity contribution in [3.8, 4) is 17.1 Å². The summed E-state index contributed by atoms with van der Waals surface area (Å²) in [6, 6.07) is 20.7. The quantitative estimate of drug-likeness (QED) is 0.369. The number of hydrogen-bond donors (Lipinski definition) is 1. The van der Waals surface area contributed by atoms with Crippen LogP contribution in [0.4, 0.5) is 9.18 Å². The van der Waals surface area contributed by atoms with E-state index in [0.717, 1.165) is 16.7 Å². The molecular formula is C28H25FN4O3. The van der Waals surface area contributed by atoms with Crippen molar-refractivity contribution in [2.75, 3.05) is 7.11 Å². The summed E-state index contributed by atoms with van der Waals surface area (Å²) in [6.45, 7) is 3.87. The Morgan fingerprint density at radius 3 is 2.44 bits per heavy atom. The van der Waals surface area contributed by atoms with E-state index in [2.05, 4.69) is 15.5 Å². The van der Waals surface area contributed by atoms with Crippen LogP contribution in [0.1, 0.15) is 35.5 Å². The van der Waals surface area contributed by atoms with E-state index >= 15 is 0 Å². The Hall–Kier alpha value is -4.46. The van der Waals surface area contributed by atoms with E-state index in [0.29, 0.717) is 28.4 Å². The van der Waals surface area contributed by atoms with Crippen LogP contribution in [-0.2, 0) is 6.54 Å². The average molecular weight is 485 g/mol. The Bertz CT molecular complexity index is 1430. The van der Waals surface area contributed by atoms with Gasteiger partial charge in [-0.25, -0.2) is 9.18 Å². The van der Waals surface area contributed by atoms with Gasteiger partial charge < -0.3 is 14.6 Å². The molecule has 0 spiro atoms. The maximum Gasteiger partial charge on any atom is 0.322 e. The molecule has 0 aliphatic carbocycles. The van der Waals surface area contributed by atoms with Crippen molar-refractivity contribution < 1.29 is 18.4 Å². The number of hydrogen-bond acceptors (Lipinski definition) is 5. The Morgan fingerprint density at radius 1 is 1.03 bits per heavy atom. The number of ether oxygens (including phenoxy) is 1. The number of nitrogens with one attached hydrogen (secondary N) is 1. The lowest BCUT2D eigenvalue weighted by Gasteiger charge is -2.35. The molecule has 1 unspecified atom stereocenters. The molecule has 1 aliphatic rings. The second kappa shape index (κ2) is 9.65. The number of aromatic nitrogens is 2. The SMILES string of the molecule is COc1ccc(C2NC(=O)N(Cc3ccccc3F)C(C)=C2c2nc(-c3ccc(C)cc3)no2)cc1. The third kappa shape index (κ3) is 4.45. The lowest BCUT2D eigenvalue weighted by atomic mass is 9.94. The lowest BCUT2D eigenvalue weighted by Crippen LogP contribution is -2.45. The highest BCUT2D eigenvalue weighted by atomic mass is 19.1. The molecule has 2 heterocycles. The molecule has 0 bridgehead atoms. The summed E-state index contributed by atoms with van der Waals surface area (Å²) in [4.78, 5) is 19.4. The van der Waals surface area contributed by atoms with Gasteiger partial charge in [0.1, 0.15) is 11.6 Å². The van der Waals surface area contributed by atoms with Gasteiger partial charge in [-0.15, -0.1) is 0 Å². The van der Waals surface area contributed by atoms with Crippen LogP contribution in [0.25, 0.3) is 17.0 Å². The summed E-state index contributed by atoms with van der Waals surface area (Å²) in [5.41, 5.74) is 4.40. The molecule has 1 atom stereocenters. The first kappa shape index (κ1) is 23.3. The van der Waals surface area contributed by atoms with Crippen LogP contribution in [0.2, 0.25) is 0 Å². The van der Waals surface area contributed by atoms with Crippen LogP contribution >= 0.6 is 0 Å². The molecule has 7 nitrogen and oxygen atoms in total. The van der Waals surface area contributed by atoms with Gasteiger partial charge in [0.2, 0.25) is 5.82 Å². The molecule has 0 fully saturated rings. The van der Waals surface area contributed by atoms with Crippen molar-refractivity contribution in [1.82, 2.24) is 20.4 Å². The Kier molecular flexibility index (Phi) is 6.25. The Morgan fingerprint density at radius 2 is 1.75 bits per heavy atom. The van der Waals surface area contributed by atoms with Gasteiger partial charge in [-0.3, -0.25) is 4.90 Å². The number of urea groups is 1. The van der Waals surface area contributed by atoms with Crippen molar-refractivity contribution in [3.05, 3.63) is 107 Å². The standard InChI is InChI=1S/C28H25FN4O3/c1-17-8-10-20(11-9-17)26-31-27(36-32-26)24-18(2)33(16-21-6-4-5-7-23(21)29)28(34)30-25(24)19-12-14-22(35-3)15-13-19/h4-15,25H,16H2,1-3H3,(H,30,34). The zero-order valence-corrected chi connectivity index (χ0v) is 20.2. The van der Waals surface area contributed by atoms with E-state index in [1.807, 2.05) is 55.5 Å². The minimum atomic E-state index is -0.549. The number of nitrogens with zero attached hydrogens (tertiary/aromatic N) is 3. The molecule has 8 heteroatoms. The van der Waals surface area contributed by atoms with Crippen LogP contribution in [-0.4, -0.2) is 28.2 Å². The molecule has 0 radical (unpaired) electrons. The summed E-state index contributed by atoms with van der Waals surface area (Å²) < 4.78 is 25.4. The molecule has 1 N–H and O–H groups in total. The van der Waals surface area contributed by atoms with Gasteiger partial charge in [0.15, 0.2) is 0 Å². The number of carbonyl (C=O) groups is 1. The second-order valence-corrected chi connectivity index (χ2v) is 8.62. The fraction of sp³-hybridized carbons (Fsp3) is 0.179. The number of carbonyl (C=O) groups excluding carboxylic acids is 1. The minimum absolute atomic E-state index is 0.0577. The maximum atomic E-state index is 14.4. The van der Waals surface area contributed by atoms with Gasteiger partial charge in [-0.1, -0.05) is 65.3 Å². The highest BCUT2D eigenvalue weighted by Crippen LogP contribution is 2.38. The smallest absolute Gasteiger partial charge is 0.322 e. The fourth-order valence-electron chi connectivity index (χ4n) is 4.24. The number of allylic oxidation sites excluding steroid dienone is 1. The van der Waals surface area contributed by atoms with Gasteiger partial charge in [-0.2, -0.15) is 4.98 Å². The van der Waals surface area contributed by atoms with Crippen molar-refractivity contribution in [1.29, 1.82) is 0 Å². The topological polar surface area (TPSA) is 80.5 Å². The van der Waals surface area contributed by atoms with Gasteiger partial charge in [-0.05, 0) is 37.6 Å². The number of rotatable bonds is 6. The monoisotopic (exact) mass is 484 g/mol. The molecular weight excluding hydrogens is 459 g/mol. The molecule has 3 aromatic carbocycles. The van der Waals surface area contributed by atoms with E-state index in [1.165, 1.54) is 11.0 Å². The molecule has 1 aliphatic heterocycles. The predicted octanol–water partition coefficient (Wildman–Crippen LogP) is 5.89. The van der Waals surface area contributed by atoms with Gasteiger partial charge in [0.05, 0.1) is 25.3 Å². The zero-order chi connectivity index (χ0) is 25.2. The van der Waals surface area contributed by atoms with Crippen LogP contribution < -0.4 is 10.1 Å². The molecule has 182 valence electrons. The molecule has 0 saturated heterocycles. The second-order valence-electron chi connectivity index (χ2n) is 8.62. The van der Waals surface area contributed by atoms with Gasteiger partial charge >= 0.3 is 6.03 Å². The van der Waals surface area contributed by atoms with Gasteiger partial charge in [0.25, 0.3) is 5.89 Å². The molecule has 1 aromatic heterocycles. The van der Waals surface area contributed by atoms with Crippen LogP contribution in [0.5, 0.6) is 5.75 Å². The molecule has 2 amide bonds.